The molecule has 1 rings (SSSR count). The van der Waals surface area contributed by atoms with Crippen molar-refractivity contribution in [2.45, 2.75) is 51.0 Å². The minimum absolute atomic E-state index is 0.128. The van der Waals surface area contributed by atoms with Crippen LogP contribution in [0.4, 0.5) is 4.79 Å². The van der Waals surface area contributed by atoms with Crippen LogP contribution in [-0.4, -0.2) is 39.7 Å². The van der Waals surface area contributed by atoms with Crippen LogP contribution in [-0.2, 0) is 21.3 Å². The van der Waals surface area contributed by atoms with Gasteiger partial charge in [0, 0.05) is 12.6 Å². The smallest absolute Gasteiger partial charge is 0.407 e. The van der Waals surface area contributed by atoms with Gasteiger partial charge < -0.3 is 19.8 Å². The van der Waals surface area contributed by atoms with Gasteiger partial charge in [-0.3, -0.25) is 0 Å². The molecule has 0 fully saturated rings. The highest BCUT2D eigenvalue weighted by Gasteiger charge is 2.18. The molecular weight excluding hydrogens is 322 g/mol. The van der Waals surface area contributed by atoms with Crippen molar-refractivity contribution in [1.82, 2.24) is 15.4 Å². The maximum Gasteiger partial charge on any atom is 0.407 e. The molecule has 0 aliphatic heterocycles. The van der Waals surface area contributed by atoms with E-state index >= 15 is 0 Å². The second kappa shape index (κ2) is 7.80. The van der Waals surface area contributed by atoms with E-state index in [9.17, 15) is 13.2 Å². The summed E-state index contributed by atoms with van der Waals surface area (Å²) < 4.78 is 35.7. The largest absolute Gasteiger partial charge is 0.447 e. The molecule has 0 aliphatic rings. The standard InChI is InChI=1S/C14H25N3O5S/c1-10(17-13(18)22-14(2,3)4)8-16-9-11-6-7-12(21-11)23(19,20)15-5/h6-7,10,15-16H,8-9H2,1-5H3,(H,17,18). The molecular formula is C14H25N3O5S. The van der Waals surface area contributed by atoms with Gasteiger partial charge in [-0.25, -0.2) is 17.9 Å². The summed E-state index contributed by atoms with van der Waals surface area (Å²) >= 11 is 0. The van der Waals surface area contributed by atoms with E-state index in [-0.39, 0.29) is 11.1 Å². The molecule has 0 aromatic carbocycles. The fourth-order valence-electron chi connectivity index (χ4n) is 1.67. The maximum absolute atomic E-state index is 11.6. The first-order valence-corrected chi connectivity index (χ1v) is 8.74. The predicted molar refractivity (Wildman–Crippen MR) is 85.5 cm³/mol. The zero-order chi connectivity index (χ0) is 17.7. The molecule has 1 unspecified atom stereocenters. The number of carbonyl (C=O) groups is 1. The number of furan rings is 1. The van der Waals surface area contributed by atoms with Crippen LogP contribution >= 0.6 is 0 Å². The van der Waals surface area contributed by atoms with Crippen LogP contribution in [0.25, 0.3) is 0 Å². The van der Waals surface area contributed by atoms with Crippen molar-refractivity contribution in [2.75, 3.05) is 13.6 Å². The molecule has 0 saturated carbocycles. The van der Waals surface area contributed by atoms with Crippen LogP contribution in [0.2, 0.25) is 0 Å². The summed E-state index contributed by atoms with van der Waals surface area (Å²) in [7, 11) is -2.25. The predicted octanol–water partition coefficient (Wildman–Crippen LogP) is 1.19. The van der Waals surface area contributed by atoms with Gasteiger partial charge in [0.25, 0.3) is 10.0 Å². The molecule has 1 heterocycles. The van der Waals surface area contributed by atoms with Crippen LogP contribution in [0.5, 0.6) is 0 Å². The lowest BCUT2D eigenvalue weighted by Gasteiger charge is -2.22. The zero-order valence-corrected chi connectivity index (χ0v) is 14.9. The Morgan fingerprint density at radius 2 is 2.00 bits per heavy atom. The van der Waals surface area contributed by atoms with Gasteiger partial charge >= 0.3 is 6.09 Å². The van der Waals surface area contributed by atoms with E-state index in [1.165, 1.54) is 13.1 Å². The number of nitrogens with one attached hydrogen (secondary N) is 3. The SMILES string of the molecule is CNS(=O)(=O)c1ccc(CNCC(C)NC(=O)OC(C)(C)C)o1. The highest BCUT2D eigenvalue weighted by Crippen LogP contribution is 2.13. The molecule has 132 valence electrons. The van der Waals surface area contributed by atoms with Gasteiger partial charge in [0.1, 0.15) is 11.4 Å². The number of hydrogen-bond donors (Lipinski definition) is 3. The number of carbonyl (C=O) groups excluding carboxylic acids is 1. The topological polar surface area (TPSA) is 110 Å². The molecule has 1 aromatic rings. The van der Waals surface area contributed by atoms with Crippen molar-refractivity contribution in [1.29, 1.82) is 0 Å². The molecule has 8 nitrogen and oxygen atoms in total. The van der Waals surface area contributed by atoms with E-state index in [1.807, 2.05) is 6.92 Å². The highest BCUT2D eigenvalue weighted by atomic mass is 32.2. The lowest BCUT2D eigenvalue weighted by atomic mass is 10.2. The van der Waals surface area contributed by atoms with Crippen molar-refractivity contribution in [2.24, 2.45) is 0 Å². The molecule has 0 aliphatic carbocycles. The molecule has 0 bridgehead atoms. The summed E-state index contributed by atoms with van der Waals surface area (Å²) in [6.07, 6.45) is -0.479. The summed E-state index contributed by atoms with van der Waals surface area (Å²) in [6, 6.07) is 2.83. The molecule has 1 atom stereocenters. The number of hydrogen-bond acceptors (Lipinski definition) is 6. The monoisotopic (exact) mass is 347 g/mol. The quantitative estimate of drug-likeness (QED) is 0.683. The fourth-order valence-corrected chi connectivity index (χ4v) is 2.34. The van der Waals surface area contributed by atoms with Crippen molar-refractivity contribution in [3.8, 4) is 0 Å². The van der Waals surface area contributed by atoms with Crippen molar-refractivity contribution < 1.29 is 22.4 Å². The van der Waals surface area contributed by atoms with E-state index in [4.69, 9.17) is 9.15 Å². The van der Waals surface area contributed by atoms with Gasteiger partial charge in [0.15, 0.2) is 0 Å². The number of sulfonamides is 1. The van der Waals surface area contributed by atoms with Crippen LogP contribution in [0.3, 0.4) is 0 Å². The lowest BCUT2D eigenvalue weighted by Crippen LogP contribution is -2.42. The molecule has 0 radical (unpaired) electrons. The Balaban J connectivity index is 2.38. The first kappa shape index (κ1) is 19.5. The Bertz CT molecular complexity index is 619. The molecule has 23 heavy (non-hydrogen) atoms. The molecule has 1 amide bonds. The van der Waals surface area contributed by atoms with E-state index < -0.39 is 21.7 Å². The van der Waals surface area contributed by atoms with E-state index in [0.29, 0.717) is 18.8 Å². The third kappa shape index (κ3) is 7.02. The zero-order valence-electron chi connectivity index (χ0n) is 14.1. The normalized spacial score (nSPS) is 13.6. The summed E-state index contributed by atoms with van der Waals surface area (Å²) in [5.41, 5.74) is -0.541. The van der Waals surface area contributed by atoms with Gasteiger partial charge in [-0.15, -0.1) is 0 Å². The average Bonchev–Trinajstić information content (AvgIpc) is 2.85. The molecule has 0 saturated heterocycles. The first-order chi connectivity index (χ1) is 10.5. The molecule has 0 spiro atoms. The molecule has 1 aromatic heterocycles. The summed E-state index contributed by atoms with van der Waals surface area (Å²) in [6.45, 7) is 8.04. The Morgan fingerprint density at radius 3 is 2.57 bits per heavy atom. The van der Waals surface area contributed by atoms with Gasteiger partial charge in [0.2, 0.25) is 5.09 Å². The highest BCUT2D eigenvalue weighted by molar-refractivity contribution is 7.89. The van der Waals surface area contributed by atoms with Crippen molar-refractivity contribution in [3.05, 3.63) is 17.9 Å². The van der Waals surface area contributed by atoms with E-state index in [2.05, 4.69) is 15.4 Å². The number of rotatable bonds is 7. The van der Waals surface area contributed by atoms with Crippen LogP contribution in [0.1, 0.15) is 33.5 Å². The second-order valence-electron chi connectivity index (χ2n) is 6.11. The summed E-state index contributed by atoms with van der Waals surface area (Å²) in [4.78, 5) is 11.6. The Morgan fingerprint density at radius 1 is 1.35 bits per heavy atom. The summed E-state index contributed by atoms with van der Waals surface area (Å²) in [5.74, 6) is 0.489. The minimum Gasteiger partial charge on any atom is -0.447 e. The average molecular weight is 347 g/mol. The third-order valence-electron chi connectivity index (χ3n) is 2.68. The van der Waals surface area contributed by atoms with Crippen molar-refractivity contribution >= 4 is 16.1 Å². The summed E-state index contributed by atoms with van der Waals surface area (Å²) in [5, 5.41) is 5.65. The van der Waals surface area contributed by atoms with E-state index in [0.717, 1.165) is 0 Å². The molecule has 3 N–H and O–H groups in total. The van der Waals surface area contributed by atoms with Crippen LogP contribution < -0.4 is 15.4 Å². The Labute approximate surface area is 137 Å². The second-order valence-corrected chi connectivity index (χ2v) is 7.92. The minimum atomic E-state index is -3.57. The van der Waals surface area contributed by atoms with Crippen molar-refractivity contribution in [3.63, 3.8) is 0 Å². The number of alkyl carbamates (subject to hydrolysis) is 1. The van der Waals surface area contributed by atoms with Gasteiger partial charge in [-0.2, -0.15) is 0 Å². The molecule has 9 heteroatoms. The van der Waals surface area contributed by atoms with Crippen LogP contribution in [0, 0.1) is 0 Å². The van der Waals surface area contributed by atoms with E-state index in [1.54, 1.807) is 26.8 Å². The number of ether oxygens (including phenoxy) is 1. The fraction of sp³-hybridized carbons (Fsp3) is 0.643. The van der Waals surface area contributed by atoms with Crippen LogP contribution in [0.15, 0.2) is 21.6 Å². The maximum atomic E-state index is 11.6. The van der Waals surface area contributed by atoms with Gasteiger partial charge in [-0.1, -0.05) is 0 Å². The Kier molecular flexibility index (Phi) is 6.60. The number of amides is 1. The van der Waals surface area contributed by atoms with Gasteiger partial charge in [-0.05, 0) is 46.9 Å². The lowest BCUT2D eigenvalue weighted by molar-refractivity contribution is 0.0508. The Hall–Kier alpha value is -1.58. The van der Waals surface area contributed by atoms with Gasteiger partial charge in [0.05, 0.1) is 6.54 Å². The first-order valence-electron chi connectivity index (χ1n) is 7.26. The third-order valence-corrected chi connectivity index (χ3v) is 3.97.